The van der Waals surface area contributed by atoms with Crippen LogP contribution in [-0.4, -0.2) is 6.29 Å². The molecule has 16 heavy (non-hydrogen) atoms. The zero-order chi connectivity index (χ0) is 11.2. The average molecular weight is 211 g/mol. The minimum atomic E-state index is 0.325. The van der Waals surface area contributed by atoms with Gasteiger partial charge in [-0.15, -0.1) is 0 Å². The second kappa shape index (κ2) is 5.12. The molecule has 0 saturated heterocycles. The van der Waals surface area contributed by atoms with Gasteiger partial charge in [-0.2, -0.15) is 0 Å². The summed E-state index contributed by atoms with van der Waals surface area (Å²) in [5.74, 6) is 1.57. The Hall–Kier alpha value is -2.09. The molecule has 2 rings (SSSR count). The summed E-state index contributed by atoms with van der Waals surface area (Å²) in [7, 11) is 0. The van der Waals surface area contributed by atoms with Crippen LogP contribution in [0.5, 0.6) is 11.5 Å². The van der Waals surface area contributed by atoms with Gasteiger partial charge < -0.3 is 4.74 Å². The summed E-state index contributed by atoms with van der Waals surface area (Å²) >= 11 is 0. The first-order chi connectivity index (χ1) is 7.88. The molecule has 2 nitrogen and oxygen atoms in total. The first kappa shape index (κ1) is 10.4. The van der Waals surface area contributed by atoms with Crippen LogP contribution in [0.2, 0.25) is 0 Å². The Labute approximate surface area is 94.5 Å². The molecule has 2 aromatic rings. The molecule has 79 valence electrons. The number of carbonyl (C=O) groups excluding carboxylic acids is 1. The first-order valence-corrected chi connectivity index (χ1v) is 5.05. The highest BCUT2D eigenvalue weighted by molar-refractivity contribution is 5.56. The molecule has 0 saturated carbocycles. The molecule has 0 unspecified atom stereocenters. The molecule has 1 radical (unpaired) electrons. The maximum atomic E-state index is 10.2. The third kappa shape index (κ3) is 2.70. The van der Waals surface area contributed by atoms with E-state index in [-0.39, 0.29) is 0 Å². The lowest BCUT2D eigenvalue weighted by Gasteiger charge is -2.05. The molecule has 0 spiro atoms. The fourth-order valence-electron chi connectivity index (χ4n) is 1.38. The van der Waals surface area contributed by atoms with Crippen LogP contribution >= 0.6 is 0 Å². The highest BCUT2D eigenvalue weighted by atomic mass is 16.5. The minimum Gasteiger partial charge on any atom is -0.457 e. The monoisotopic (exact) mass is 211 g/mol. The second-order valence-corrected chi connectivity index (χ2v) is 3.38. The average Bonchev–Trinajstić information content (AvgIpc) is 2.33. The lowest BCUT2D eigenvalue weighted by molar-refractivity contribution is 0.482. The van der Waals surface area contributed by atoms with Crippen molar-refractivity contribution in [3.8, 4) is 11.5 Å². The molecular formula is C14H11O2. The van der Waals surface area contributed by atoms with E-state index < -0.39 is 0 Å². The minimum absolute atomic E-state index is 0.325. The molecule has 0 bridgehead atoms. The highest BCUT2D eigenvalue weighted by Gasteiger charge is 1.97. The standard InChI is InChI=1S/C14H11O2/c15-11-10-12-6-8-14(9-7-12)16-13-4-2-1-3-5-13/h1-9H,10H2. The van der Waals surface area contributed by atoms with E-state index in [2.05, 4.69) is 0 Å². The molecule has 0 heterocycles. The van der Waals surface area contributed by atoms with Gasteiger partial charge in [-0.05, 0) is 29.8 Å². The maximum Gasteiger partial charge on any atom is 0.203 e. The topological polar surface area (TPSA) is 26.3 Å². The molecule has 0 fully saturated rings. The number of ether oxygens (including phenoxy) is 1. The number of benzene rings is 2. The summed E-state index contributed by atoms with van der Waals surface area (Å²) in [6.45, 7) is 0. The van der Waals surface area contributed by atoms with Gasteiger partial charge >= 0.3 is 0 Å². The molecule has 0 N–H and O–H groups in total. The van der Waals surface area contributed by atoms with E-state index in [1.54, 1.807) is 0 Å². The number of hydrogen-bond acceptors (Lipinski definition) is 2. The van der Waals surface area contributed by atoms with Gasteiger partial charge in [0.2, 0.25) is 6.29 Å². The van der Waals surface area contributed by atoms with Gasteiger partial charge in [0.25, 0.3) is 0 Å². The fraction of sp³-hybridized carbons (Fsp3) is 0.0714. The van der Waals surface area contributed by atoms with E-state index in [0.29, 0.717) is 6.42 Å². The molecule has 0 aromatic heterocycles. The Bertz CT molecular complexity index is 446. The van der Waals surface area contributed by atoms with Crippen molar-refractivity contribution >= 4 is 6.29 Å². The van der Waals surface area contributed by atoms with Crippen molar-refractivity contribution in [3.05, 3.63) is 60.2 Å². The summed E-state index contributed by atoms with van der Waals surface area (Å²) in [4.78, 5) is 10.2. The highest BCUT2D eigenvalue weighted by Crippen LogP contribution is 2.20. The van der Waals surface area contributed by atoms with Crippen molar-refractivity contribution in [1.82, 2.24) is 0 Å². The van der Waals surface area contributed by atoms with Crippen LogP contribution in [0.3, 0.4) is 0 Å². The predicted molar refractivity (Wildman–Crippen MR) is 62.4 cm³/mol. The molecule has 0 atom stereocenters. The SMILES string of the molecule is O=[C]Cc1ccc(Oc2ccccc2)cc1. The van der Waals surface area contributed by atoms with E-state index in [0.717, 1.165) is 17.1 Å². The van der Waals surface area contributed by atoms with Crippen molar-refractivity contribution in [1.29, 1.82) is 0 Å². The van der Waals surface area contributed by atoms with Gasteiger partial charge in [-0.1, -0.05) is 30.3 Å². The summed E-state index contributed by atoms with van der Waals surface area (Å²) in [5.41, 5.74) is 0.940. The second-order valence-electron chi connectivity index (χ2n) is 3.38. The van der Waals surface area contributed by atoms with E-state index in [1.807, 2.05) is 60.9 Å². The van der Waals surface area contributed by atoms with Crippen LogP contribution in [0.1, 0.15) is 5.56 Å². The van der Waals surface area contributed by atoms with Crippen LogP contribution in [0.25, 0.3) is 0 Å². The quantitative estimate of drug-likeness (QED) is 0.776. The lowest BCUT2D eigenvalue weighted by atomic mass is 10.2. The van der Waals surface area contributed by atoms with Crippen molar-refractivity contribution in [3.63, 3.8) is 0 Å². The van der Waals surface area contributed by atoms with Crippen molar-refractivity contribution in [2.75, 3.05) is 0 Å². The Balaban J connectivity index is 2.08. The first-order valence-electron chi connectivity index (χ1n) is 5.05. The Kier molecular flexibility index (Phi) is 3.34. The number of rotatable bonds is 4. The Morgan fingerprint density at radius 3 is 2.12 bits per heavy atom. The molecule has 0 aliphatic carbocycles. The fourth-order valence-corrected chi connectivity index (χ4v) is 1.38. The van der Waals surface area contributed by atoms with E-state index in [1.165, 1.54) is 0 Å². The molecule has 2 heteroatoms. The molecular weight excluding hydrogens is 200 g/mol. The normalized spacial score (nSPS) is 9.75. The van der Waals surface area contributed by atoms with E-state index >= 15 is 0 Å². The smallest absolute Gasteiger partial charge is 0.203 e. The number of para-hydroxylation sites is 1. The third-order valence-electron chi connectivity index (χ3n) is 2.18. The van der Waals surface area contributed by atoms with Crippen molar-refractivity contribution in [2.24, 2.45) is 0 Å². The van der Waals surface area contributed by atoms with Crippen molar-refractivity contribution < 1.29 is 9.53 Å². The van der Waals surface area contributed by atoms with Crippen LogP contribution in [0, 0.1) is 0 Å². The van der Waals surface area contributed by atoms with E-state index in [4.69, 9.17) is 4.74 Å². The zero-order valence-electron chi connectivity index (χ0n) is 8.72. The number of hydrogen-bond donors (Lipinski definition) is 0. The zero-order valence-corrected chi connectivity index (χ0v) is 8.72. The Morgan fingerprint density at radius 2 is 1.50 bits per heavy atom. The Morgan fingerprint density at radius 1 is 0.875 bits per heavy atom. The summed E-state index contributed by atoms with van der Waals surface area (Å²) in [5, 5.41) is 0. The van der Waals surface area contributed by atoms with Gasteiger partial charge in [0, 0.05) is 6.42 Å². The van der Waals surface area contributed by atoms with Gasteiger partial charge in [0.05, 0.1) is 0 Å². The van der Waals surface area contributed by atoms with Crippen LogP contribution in [-0.2, 0) is 11.2 Å². The van der Waals surface area contributed by atoms with Gasteiger partial charge in [0.1, 0.15) is 11.5 Å². The largest absolute Gasteiger partial charge is 0.457 e. The van der Waals surface area contributed by atoms with Crippen LogP contribution < -0.4 is 4.74 Å². The third-order valence-corrected chi connectivity index (χ3v) is 2.18. The molecule has 0 aliphatic rings. The van der Waals surface area contributed by atoms with Crippen LogP contribution in [0.15, 0.2) is 54.6 Å². The summed E-state index contributed by atoms with van der Waals surface area (Å²) in [6.07, 6.45) is 2.19. The summed E-state index contributed by atoms with van der Waals surface area (Å²) < 4.78 is 5.61. The summed E-state index contributed by atoms with van der Waals surface area (Å²) in [6, 6.07) is 17.0. The lowest BCUT2D eigenvalue weighted by Crippen LogP contribution is -1.87. The predicted octanol–water partition coefficient (Wildman–Crippen LogP) is 3.13. The van der Waals surface area contributed by atoms with Gasteiger partial charge in [-0.25, -0.2) is 0 Å². The van der Waals surface area contributed by atoms with Gasteiger partial charge in [0.15, 0.2) is 0 Å². The molecule has 2 aromatic carbocycles. The molecule has 0 aliphatic heterocycles. The van der Waals surface area contributed by atoms with Gasteiger partial charge in [-0.3, -0.25) is 4.79 Å². The molecule has 0 amide bonds. The van der Waals surface area contributed by atoms with Crippen LogP contribution in [0.4, 0.5) is 0 Å². The van der Waals surface area contributed by atoms with E-state index in [9.17, 15) is 4.79 Å². The maximum absolute atomic E-state index is 10.2. The van der Waals surface area contributed by atoms with Crippen molar-refractivity contribution in [2.45, 2.75) is 6.42 Å².